The quantitative estimate of drug-likeness (QED) is 0.208. The van der Waals surface area contributed by atoms with Gasteiger partial charge in [0.15, 0.2) is 5.75 Å². The number of nitrogens with zero attached hydrogens (tertiary/aromatic N) is 3. The third kappa shape index (κ3) is 5.23. The summed E-state index contributed by atoms with van der Waals surface area (Å²) in [5.74, 6) is -2.53. The molecule has 1 aliphatic heterocycles. The van der Waals surface area contributed by atoms with Gasteiger partial charge in [0.05, 0.1) is 18.4 Å². The van der Waals surface area contributed by atoms with Gasteiger partial charge in [0.25, 0.3) is 5.91 Å². The highest BCUT2D eigenvalue weighted by atomic mass is 19.4. The summed E-state index contributed by atoms with van der Waals surface area (Å²) in [6.45, 7) is -0.327. The normalized spacial score (nSPS) is 17.2. The second-order valence-corrected chi connectivity index (χ2v) is 10.7. The first-order valence-corrected chi connectivity index (χ1v) is 13.6. The van der Waals surface area contributed by atoms with Crippen LogP contribution >= 0.6 is 0 Å². The third-order valence-corrected chi connectivity index (χ3v) is 7.67. The number of primary amides is 1. The summed E-state index contributed by atoms with van der Waals surface area (Å²) in [4.78, 5) is 37.9. The number of carbonyl (C=O) groups is 2. The molecule has 6 rings (SSSR count). The lowest BCUT2D eigenvalue weighted by Gasteiger charge is -2.31. The molecule has 0 fully saturated rings. The van der Waals surface area contributed by atoms with Crippen LogP contribution in [0.2, 0.25) is 0 Å². The number of alkyl halides is 3. The molecule has 2 aromatic carbocycles. The maximum absolute atomic E-state index is 14.8. The van der Waals surface area contributed by atoms with Crippen molar-refractivity contribution in [1.29, 1.82) is 0 Å². The van der Waals surface area contributed by atoms with E-state index in [1.54, 1.807) is 12.1 Å². The van der Waals surface area contributed by atoms with E-state index in [1.807, 2.05) is 0 Å². The van der Waals surface area contributed by atoms with Crippen LogP contribution in [-0.4, -0.2) is 51.2 Å². The molecular weight excluding hydrogens is 614 g/mol. The number of halogens is 4. The van der Waals surface area contributed by atoms with Gasteiger partial charge >= 0.3 is 12.3 Å². The fourth-order valence-corrected chi connectivity index (χ4v) is 4.97. The minimum Gasteiger partial charge on any atom is -0.489 e. The molecule has 5 aromatic rings. The van der Waals surface area contributed by atoms with Crippen molar-refractivity contribution in [2.24, 2.45) is 5.73 Å². The standard InChI is InChI=1S/C31H23F4N5O6/c1-29(27(36)42)15-45-25-20(29)13-22(40-24(25)16-4-6-19(32)7-5-16)30(43,31(33,34)35)14-39-26(41)18-11-17-3-2-8-37-23(17)21(12-18)46-28-38-9-10-44-28/h2-13,43H,14-15H2,1H3,(H2,36,42)(H,39,41)/t29-,30-/m0/s1. The average Bonchev–Trinajstić information content (AvgIpc) is 3.67. The van der Waals surface area contributed by atoms with E-state index in [1.165, 1.54) is 49.8 Å². The zero-order valence-electron chi connectivity index (χ0n) is 23.8. The van der Waals surface area contributed by atoms with Crippen LogP contribution in [-0.2, 0) is 15.8 Å². The van der Waals surface area contributed by atoms with E-state index in [9.17, 15) is 32.3 Å². The first-order chi connectivity index (χ1) is 21.8. The second kappa shape index (κ2) is 11.1. The molecule has 4 heterocycles. The number of nitrogens with one attached hydrogen (secondary N) is 1. The van der Waals surface area contributed by atoms with Gasteiger partial charge in [0.1, 0.15) is 41.1 Å². The number of amides is 2. The Morgan fingerprint density at radius 2 is 1.87 bits per heavy atom. The highest BCUT2D eigenvalue weighted by molar-refractivity contribution is 6.00. The number of oxazole rings is 1. The van der Waals surface area contributed by atoms with Crippen molar-refractivity contribution in [2.75, 3.05) is 13.2 Å². The zero-order chi connectivity index (χ0) is 32.9. The van der Waals surface area contributed by atoms with Crippen molar-refractivity contribution in [3.8, 4) is 28.8 Å². The average molecular weight is 638 g/mol. The van der Waals surface area contributed by atoms with Crippen molar-refractivity contribution in [3.63, 3.8) is 0 Å². The van der Waals surface area contributed by atoms with Crippen LogP contribution in [0.5, 0.6) is 17.6 Å². The monoisotopic (exact) mass is 637 g/mol. The van der Waals surface area contributed by atoms with Crippen LogP contribution in [0.25, 0.3) is 22.2 Å². The van der Waals surface area contributed by atoms with E-state index in [0.29, 0.717) is 10.9 Å². The van der Waals surface area contributed by atoms with Crippen molar-refractivity contribution in [3.05, 3.63) is 95.9 Å². The number of rotatable bonds is 8. The molecule has 0 saturated heterocycles. The number of hydrogen-bond acceptors (Lipinski definition) is 9. The van der Waals surface area contributed by atoms with Crippen LogP contribution in [0.4, 0.5) is 17.6 Å². The predicted molar refractivity (Wildman–Crippen MR) is 152 cm³/mol. The van der Waals surface area contributed by atoms with E-state index >= 15 is 0 Å². The van der Waals surface area contributed by atoms with Crippen LogP contribution in [0.1, 0.15) is 28.5 Å². The highest BCUT2D eigenvalue weighted by Crippen LogP contribution is 2.47. The molecule has 0 aliphatic carbocycles. The Kier molecular flexibility index (Phi) is 7.35. The molecular formula is C31H23F4N5O6. The van der Waals surface area contributed by atoms with Crippen molar-refractivity contribution >= 4 is 22.7 Å². The minimum atomic E-state index is -5.39. The number of carbonyl (C=O) groups excluding carboxylic acids is 2. The van der Waals surface area contributed by atoms with Gasteiger partial charge in [0, 0.05) is 28.3 Å². The number of aromatic nitrogens is 3. The molecule has 0 bridgehead atoms. The summed E-state index contributed by atoms with van der Waals surface area (Å²) in [7, 11) is 0. The topological polar surface area (TPSA) is 163 Å². The number of pyridine rings is 2. The van der Waals surface area contributed by atoms with E-state index in [4.69, 9.17) is 19.6 Å². The maximum atomic E-state index is 14.8. The SMILES string of the molecule is C[C@]1(C(N)=O)COc2c1cc([C@@](O)(CNC(=O)c1cc(Oc3ncco3)c3ncccc3c1)C(F)(F)F)nc2-c1ccc(F)cc1. The zero-order valence-corrected chi connectivity index (χ0v) is 23.8. The summed E-state index contributed by atoms with van der Waals surface area (Å²) in [5, 5.41) is 13.8. The second-order valence-electron chi connectivity index (χ2n) is 10.7. The number of hydrogen-bond donors (Lipinski definition) is 3. The summed E-state index contributed by atoms with van der Waals surface area (Å²) < 4.78 is 74.3. The largest absolute Gasteiger partial charge is 0.489 e. The Morgan fingerprint density at radius 1 is 1.11 bits per heavy atom. The molecule has 4 N–H and O–H groups in total. The molecule has 15 heteroatoms. The lowest BCUT2D eigenvalue weighted by Crippen LogP contribution is -2.51. The van der Waals surface area contributed by atoms with Gasteiger partial charge in [-0.05, 0) is 55.5 Å². The number of benzene rings is 2. The smallest absolute Gasteiger partial charge is 0.424 e. The Morgan fingerprint density at radius 3 is 2.54 bits per heavy atom. The Bertz CT molecular complexity index is 1970. The Labute approximate surface area is 257 Å². The molecule has 236 valence electrons. The van der Waals surface area contributed by atoms with Crippen molar-refractivity contribution in [1.82, 2.24) is 20.3 Å². The summed E-state index contributed by atoms with van der Waals surface area (Å²) >= 11 is 0. The van der Waals surface area contributed by atoms with Crippen molar-refractivity contribution in [2.45, 2.75) is 24.1 Å². The summed E-state index contributed by atoms with van der Waals surface area (Å²) in [6, 6.07) is 11.3. The van der Waals surface area contributed by atoms with E-state index in [0.717, 1.165) is 18.2 Å². The summed E-state index contributed by atoms with van der Waals surface area (Å²) in [5.41, 5.74) is -0.632. The Balaban J connectivity index is 1.40. The van der Waals surface area contributed by atoms with Gasteiger partial charge in [0.2, 0.25) is 11.5 Å². The van der Waals surface area contributed by atoms with Crippen LogP contribution in [0.3, 0.4) is 0 Å². The molecule has 11 nitrogen and oxygen atoms in total. The lowest BCUT2D eigenvalue weighted by molar-refractivity contribution is -0.265. The molecule has 46 heavy (non-hydrogen) atoms. The first kappa shape index (κ1) is 30.5. The predicted octanol–water partition coefficient (Wildman–Crippen LogP) is 4.53. The number of nitrogens with two attached hydrogens (primary N) is 1. The molecule has 2 amide bonds. The van der Waals surface area contributed by atoms with Crippen molar-refractivity contribution < 1.29 is 46.1 Å². The van der Waals surface area contributed by atoms with Gasteiger partial charge < -0.3 is 30.0 Å². The van der Waals surface area contributed by atoms with E-state index < -0.39 is 47.1 Å². The molecule has 0 saturated carbocycles. The van der Waals surface area contributed by atoms with Crippen LogP contribution < -0.4 is 20.5 Å². The van der Waals surface area contributed by atoms with Gasteiger partial charge in [-0.15, -0.1) is 0 Å². The third-order valence-electron chi connectivity index (χ3n) is 7.67. The molecule has 0 unspecified atom stereocenters. The molecule has 0 spiro atoms. The molecule has 2 atom stereocenters. The highest BCUT2D eigenvalue weighted by Gasteiger charge is 2.57. The number of ether oxygens (including phenoxy) is 2. The number of fused-ring (bicyclic) bond motifs is 2. The molecule has 3 aromatic heterocycles. The van der Waals surface area contributed by atoms with Crippen LogP contribution in [0.15, 0.2) is 77.7 Å². The van der Waals surface area contributed by atoms with Gasteiger partial charge in [-0.1, -0.05) is 6.07 Å². The van der Waals surface area contributed by atoms with E-state index in [2.05, 4.69) is 20.3 Å². The first-order valence-electron chi connectivity index (χ1n) is 13.6. The Hall–Kier alpha value is -5.57. The molecule has 0 radical (unpaired) electrons. The van der Waals surface area contributed by atoms with Gasteiger partial charge in [-0.25, -0.2) is 9.37 Å². The minimum absolute atomic E-state index is 0.0340. The summed E-state index contributed by atoms with van der Waals surface area (Å²) in [6.07, 6.45) is -1.50. The van der Waals surface area contributed by atoms with Gasteiger partial charge in [-0.3, -0.25) is 14.6 Å². The number of aliphatic hydroxyl groups is 1. The van der Waals surface area contributed by atoms with E-state index in [-0.39, 0.29) is 46.6 Å². The molecule has 1 aliphatic rings. The van der Waals surface area contributed by atoms with Gasteiger partial charge in [-0.2, -0.15) is 18.2 Å². The van der Waals surface area contributed by atoms with Crippen LogP contribution in [0, 0.1) is 5.82 Å². The fraction of sp³-hybridized carbons (Fsp3) is 0.194. The lowest BCUT2D eigenvalue weighted by atomic mass is 9.81. The fourth-order valence-electron chi connectivity index (χ4n) is 4.97. The maximum Gasteiger partial charge on any atom is 0.424 e.